The Morgan fingerprint density at radius 1 is 1.38 bits per heavy atom. The summed E-state index contributed by atoms with van der Waals surface area (Å²) in [6, 6.07) is 0. The van der Waals surface area contributed by atoms with Crippen molar-refractivity contribution >= 4 is 0 Å². The summed E-state index contributed by atoms with van der Waals surface area (Å²) in [4.78, 5) is 0. The second-order valence-electron chi connectivity index (χ2n) is 5.04. The van der Waals surface area contributed by atoms with Crippen LogP contribution in [0.5, 0.6) is 0 Å². The highest BCUT2D eigenvalue weighted by molar-refractivity contribution is 4.90. The zero-order valence-electron chi connectivity index (χ0n) is 10.6. The van der Waals surface area contributed by atoms with E-state index in [1.165, 1.54) is 12.8 Å². The first-order valence-corrected chi connectivity index (χ1v) is 6.71. The summed E-state index contributed by atoms with van der Waals surface area (Å²) >= 11 is 0. The van der Waals surface area contributed by atoms with Crippen LogP contribution in [0.25, 0.3) is 0 Å². The molecule has 1 fully saturated rings. The normalized spacial score (nSPS) is 30.6. The summed E-state index contributed by atoms with van der Waals surface area (Å²) in [6.07, 6.45) is 7.29. The maximum Gasteiger partial charge on any atom is 0.0609 e. The molecule has 1 rings (SSSR count). The fourth-order valence-electron chi connectivity index (χ4n) is 2.54. The molecule has 0 spiro atoms. The van der Waals surface area contributed by atoms with Crippen molar-refractivity contribution in [3.8, 4) is 0 Å². The molecule has 3 N–H and O–H groups in total. The Morgan fingerprint density at radius 2 is 2.19 bits per heavy atom. The van der Waals surface area contributed by atoms with Gasteiger partial charge in [-0.3, -0.25) is 0 Å². The average molecular weight is 229 g/mol. The largest absolute Gasteiger partial charge is 0.392 e. The number of hydrogen-bond donors (Lipinski definition) is 2. The summed E-state index contributed by atoms with van der Waals surface area (Å²) in [7, 11) is 0. The molecule has 0 aromatic carbocycles. The minimum Gasteiger partial charge on any atom is -0.392 e. The van der Waals surface area contributed by atoms with Gasteiger partial charge >= 0.3 is 0 Å². The third-order valence-corrected chi connectivity index (χ3v) is 3.90. The van der Waals surface area contributed by atoms with E-state index in [1.54, 1.807) is 0 Å². The maximum atomic E-state index is 10.1. The monoisotopic (exact) mass is 229 g/mol. The van der Waals surface area contributed by atoms with Crippen LogP contribution >= 0.6 is 0 Å². The van der Waals surface area contributed by atoms with Crippen LogP contribution in [0, 0.1) is 5.41 Å². The van der Waals surface area contributed by atoms with Gasteiger partial charge in [-0.15, -0.1) is 0 Å². The van der Waals surface area contributed by atoms with E-state index in [1.807, 2.05) is 0 Å². The molecule has 1 saturated carbocycles. The molecule has 1 aliphatic carbocycles. The Balaban J connectivity index is 2.29. The summed E-state index contributed by atoms with van der Waals surface area (Å²) < 4.78 is 5.59. The Morgan fingerprint density at radius 3 is 2.81 bits per heavy atom. The summed E-state index contributed by atoms with van der Waals surface area (Å²) in [6.45, 7) is 4.34. The molecule has 0 heterocycles. The number of ether oxygens (including phenoxy) is 1. The molecule has 16 heavy (non-hydrogen) atoms. The average Bonchev–Trinajstić information content (AvgIpc) is 2.31. The maximum absolute atomic E-state index is 10.1. The van der Waals surface area contributed by atoms with Crippen molar-refractivity contribution in [3.05, 3.63) is 0 Å². The molecule has 1 aliphatic rings. The van der Waals surface area contributed by atoms with Gasteiger partial charge in [-0.2, -0.15) is 0 Å². The molecule has 0 aliphatic heterocycles. The van der Waals surface area contributed by atoms with Crippen LogP contribution in [0.1, 0.15) is 51.9 Å². The molecule has 3 nitrogen and oxygen atoms in total. The lowest BCUT2D eigenvalue weighted by atomic mass is 9.70. The second-order valence-corrected chi connectivity index (χ2v) is 5.04. The molecule has 2 atom stereocenters. The van der Waals surface area contributed by atoms with Crippen molar-refractivity contribution < 1.29 is 9.84 Å². The van der Waals surface area contributed by atoms with Gasteiger partial charge in [-0.05, 0) is 25.7 Å². The van der Waals surface area contributed by atoms with E-state index >= 15 is 0 Å². The molecule has 0 aromatic rings. The topological polar surface area (TPSA) is 55.5 Å². The van der Waals surface area contributed by atoms with E-state index in [-0.39, 0.29) is 11.5 Å². The van der Waals surface area contributed by atoms with Crippen LogP contribution in [-0.2, 0) is 4.74 Å². The highest BCUT2D eigenvalue weighted by Gasteiger charge is 2.38. The van der Waals surface area contributed by atoms with Gasteiger partial charge in [0.2, 0.25) is 0 Å². The first-order valence-electron chi connectivity index (χ1n) is 6.71. The van der Waals surface area contributed by atoms with E-state index in [2.05, 4.69) is 6.92 Å². The van der Waals surface area contributed by atoms with Crippen molar-refractivity contribution in [2.45, 2.75) is 58.0 Å². The number of nitrogens with two attached hydrogens (primary N) is 1. The third kappa shape index (κ3) is 3.72. The molecular formula is C13H27NO2. The molecule has 0 aromatic heterocycles. The van der Waals surface area contributed by atoms with Gasteiger partial charge in [0.15, 0.2) is 0 Å². The summed E-state index contributed by atoms with van der Waals surface area (Å²) in [5.41, 5.74) is 5.79. The highest BCUT2D eigenvalue weighted by Crippen LogP contribution is 2.38. The predicted molar refractivity (Wildman–Crippen MR) is 66.3 cm³/mol. The summed E-state index contributed by atoms with van der Waals surface area (Å²) in [5.74, 6) is 0. The first-order chi connectivity index (χ1) is 7.75. The van der Waals surface area contributed by atoms with Gasteiger partial charge < -0.3 is 15.6 Å². The molecule has 0 saturated heterocycles. The number of hydrogen-bond acceptors (Lipinski definition) is 3. The SMILES string of the molecule is CCCCOCCC1(CN)CCCCC1O. The molecule has 3 heteroatoms. The smallest absolute Gasteiger partial charge is 0.0609 e. The van der Waals surface area contributed by atoms with Gasteiger partial charge in [0.05, 0.1) is 6.10 Å². The molecule has 96 valence electrons. The first kappa shape index (κ1) is 13.9. The van der Waals surface area contributed by atoms with Gasteiger partial charge in [-0.25, -0.2) is 0 Å². The quantitative estimate of drug-likeness (QED) is 0.657. The Labute approximate surface area is 99.4 Å². The zero-order chi connectivity index (χ0) is 11.9. The predicted octanol–water partition coefficient (Wildman–Crippen LogP) is 2.07. The molecule has 0 bridgehead atoms. The fourth-order valence-corrected chi connectivity index (χ4v) is 2.54. The van der Waals surface area contributed by atoms with E-state index in [9.17, 15) is 5.11 Å². The number of aliphatic hydroxyl groups is 1. The standard InChI is InChI=1S/C13H27NO2/c1-2-3-9-16-10-8-13(11-14)7-5-4-6-12(13)15/h12,15H,2-11,14H2,1H3. The minimum absolute atomic E-state index is 0.0650. The molecule has 0 radical (unpaired) electrons. The van der Waals surface area contributed by atoms with Crippen LogP contribution in [0.3, 0.4) is 0 Å². The van der Waals surface area contributed by atoms with Crippen molar-refractivity contribution in [2.75, 3.05) is 19.8 Å². The highest BCUT2D eigenvalue weighted by atomic mass is 16.5. The fraction of sp³-hybridized carbons (Fsp3) is 1.00. The van der Waals surface area contributed by atoms with Crippen molar-refractivity contribution in [3.63, 3.8) is 0 Å². The second kappa shape index (κ2) is 7.25. The molecular weight excluding hydrogens is 202 g/mol. The molecule has 0 amide bonds. The lowest BCUT2D eigenvalue weighted by molar-refractivity contribution is -0.0298. The number of unbranched alkanes of at least 4 members (excludes halogenated alkanes) is 1. The minimum atomic E-state index is -0.221. The molecule has 2 unspecified atom stereocenters. The lowest BCUT2D eigenvalue weighted by Gasteiger charge is -2.40. The van der Waals surface area contributed by atoms with Crippen LogP contribution in [0.2, 0.25) is 0 Å². The summed E-state index contributed by atoms with van der Waals surface area (Å²) in [5, 5.41) is 10.1. The lowest BCUT2D eigenvalue weighted by Crippen LogP contribution is -2.44. The van der Waals surface area contributed by atoms with Gasteiger partial charge in [0.25, 0.3) is 0 Å². The number of rotatable bonds is 7. The van der Waals surface area contributed by atoms with E-state index in [0.717, 1.165) is 45.3 Å². The van der Waals surface area contributed by atoms with E-state index in [0.29, 0.717) is 6.54 Å². The van der Waals surface area contributed by atoms with Crippen molar-refractivity contribution in [1.29, 1.82) is 0 Å². The van der Waals surface area contributed by atoms with Crippen LogP contribution in [0.15, 0.2) is 0 Å². The van der Waals surface area contributed by atoms with E-state index in [4.69, 9.17) is 10.5 Å². The van der Waals surface area contributed by atoms with Gasteiger partial charge in [0.1, 0.15) is 0 Å². The van der Waals surface area contributed by atoms with E-state index < -0.39 is 0 Å². The van der Waals surface area contributed by atoms with Gasteiger partial charge in [-0.1, -0.05) is 26.2 Å². The third-order valence-electron chi connectivity index (χ3n) is 3.90. The Bertz CT molecular complexity index is 187. The number of aliphatic hydroxyl groups excluding tert-OH is 1. The van der Waals surface area contributed by atoms with Crippen molar-refractivity contribution in [2.24, 2.45) is 11.1 Å². The Hall–Kier alpha value is -0.120. The van der Waals surface area contributed by atoms with Crippen LogP contribution < -0.4 is 5.73 Å². The Kier molecular flexibility index (Phi) is 6.32. The van der Waals surface area contributed by atoms with Gasteiger partial charge in [0, 0.05) is 25.2 Å². The van der Waals surface area contributed by atoms with Crippen LogP contribution in [0.4, 0.5) is 0 Å². The van der Waals surface area contributed by atoms with Crippen LogP contribution in [-0.4, -0.2) is 31.0 Å². The van der Waals surface area contributed by atoms with Crippen molar-refractivity contribution in [1.82, 2.24) is 0 Å². The zero-order valence-corrected chi connectivity index (χ0v) is 10.6.